The number of hydrogen-bond acceptors (Lipinski definition) is 7. The highest BCUT2D eigenvalue weighted by molar-refractivity contribution is 5.96. The molecule has 2 unspecified atom stereocenters. The van der Waals surface area contributed by atoms with Gasteiger partial charge in [0.25, 0.3) is 0 Å². The van der Waals surface area contributed by atoms with Crippen molar-refractivity contribution in [3.63, 3.8) is 0 Å². The molecule has 2 rings (SSSR count). The summed E-state index contributed by atoms with van der Waals surface area (Å²) in [6.45, 7) is 5.00. The molecule has 0 aromatic heterocycles. The predicted molar refractivity (Wildman–Crippen MR) is 111 cm³/mol. The number of aliphatic hydroxyl groups is 1. The van der Waals surface area contributed by atoms with Crippen molar-refractivity contribution in [1.29, 1.82) is 0 Å². The van der Waals surface area contributed by atoms with Crippen LogP contribution in [0.15, 0.2) is 48.5 Å². The molecule has 0 aliphatic carbocycles. The van der Waals surface area contributed by atoms with Gasteiger partial charge < -0.3 is 25.1 Å². The molecule has 0 spiro atoms. The van der Waals surface area contributed by atoms with Crippen molar-refractivity contribution in [3.05, 3.63) is 65.2 Å². The highest BCUT2D eigenvalue weighted by Gasteiger charge is 2.40. The van der Waals surface area contributed by atoms with Gasteiger partial charge in [0.15, 0.2) is 5.92 Å². The lowest BCUT2D eigenvalue weighted by atomic mass is 9.89. The molecule has 7 heteroatoms. The van der Waals surface area contributed by atoms with Crippen LogP contribution in [0.5, 0.6) is 5.75 Å². The summed E-state index contributed by atoms with van der Waals surface area (Å²) in [5.41, 5.74) is 7.32. The summed E-state index contributed by atoms with van der Waals surface area (Å²) in [7, 11) is 1.18. The smallest absolute Gasteiger partial charge is 0.322 e. The minimum Gasteiger partial charge on any atom is -0.489 e. The Morgan fingerprint density at radius 2 is 1.70 bits per heavy atom. The van der Waals surface area contributed by atoms with E-state index in [9.17, 15) is 14.7 Å². The quantitative estimate of drug-likeness (QED) is 0.504. The van der Waals surface area contributed by atoms with Gasteiger partial charge in [0.1, 0.15) is 18.0 Å². The zero-order valence-corrected chi connectivity index (χ0v) is 17.8. The first-order valence-electron chi connectivity index (χ1n) is 9.63. The largest absolute Gasteiger partial charge is 0.489 e. The molecular formula is C23H29NO6. The van der Waals surface area contributed by atoms with Crippen LogP contribution in [0, 0.1) is 5.92 Å². The summed E-state index contributed by atoms with van der Waals surface area (Å²) in [6, 6.07) is 13.4. The van der Waals surface area contributed by atoms with Crippen molar-refractivity contribution in [2.75, 3.05) is 7.11 Å². The average Bonchev–Trinajstić information content (AvgIpc) is 2.71. The molecule has 7 nitrogen and oxygen atoms in total. The Bertz CT molecular complexity index is 860. The summed E-state index contributed by atoms with van der Waals surface area (Å²) >= 11 is 0. The van der Waals surface area contributed by atoms with E-state index < -0.39 is 29.5 Å². The number of rotatable bonds is 8. The summed E-state index contributed by atoms with van der Waals surface area (Å²) in [5.74, 6) is -2.67. The van der Waals surface area contributed by atoms with Crippen LogP contribution in [0.25, 0.3) is 0 Å². The van der Waals surface area contributed by atoms with Gasteiger partial charge in [-0.15, -0.1) is 0 Å². The Hall–Kier alpha value is -2.90. The van der Waals surface area contributed by atoms with E-state index in [4.69, 9.17) is 19.9 Å². The molecule has 0 saturated carbocycles. The number of carbonyl (C=O) groups excluding carboxylic acids is 2. The van der Waals surface area contributed by atoms with Crippen LogP contribution in [0.2, 0.25) is 0 Å². The first-order chi connectivity index (χ1) is 14.2. The highest BCUT2D eigenvalue weighted by Crippen LogP contribution is 2.34. The first-order valence-corrected chi connectivity index (χ1v) is 9.63. The molecule has 2 aromatic rings. The van der Waals surface area contributed by atoms with E-state index in [1.165, 1.54) is 7.11 Å². The van der Waals surface area contributed by atoms with Gasteiger partial charge in [-0.05, 0) is 38.0 Å². The standard InChI is InChI=1S/C23H29NO6/c1-23(2,3)30-22(27)19(21(26)28-4)20(24)18-16(13-25)11-8-12-17(18)29-14-15-9-6-5-7-10-15/h5-12,19-20,25H,13-14,24H2,1-4H3. The van der Waals surface area contributed by atoms with Crippen LogP contribution in [-0.4, -0.2) is 29.8 Å². The van der Waals surface area contributed by atoms with Crippen LogP contribution in [0.4, 0.5) is 0 Å². The second-order valence-corrected chi connectivity index (χ2v) is 7.82. The predicted octanol–water partition coefficient (Wildman–Crippen LogP) is 2.89. The van der Waals surface area contributed by atoms with E-state index in [2.05, 4.69) is 0 Å². The van der Waals surface area contributed by atoms with E-state index in [-0.39, 0.29) is 13.2 Å². The fourth-order valence-corrected chi connectivity index (χ4v) is 3.02. The van der Waals surface area contributed by atoms with Gasteiger partial charge in [0.2, 0.25) is 0 Å². The van der Waals surface area contributed by atoms with E-state index in [1.807, 2.05) is 30.3 Å². The SMILES string of the molecule is COC(=O)C(C(=O)OC(C)(C)C)C(N)c1c(CO)cccc1OCc1ccccc1. The van der Waals surface area contributed by atoms with Crippen molar-refractivity contribution in [1.82, 2.24) is 0 Å². The molecule has 162 valence electrons. The molecule has 0 amide bonds. The lowest BCUT2D eigenvalue weighted by Gasteiger charge is -2.28. The number of hydrogen-bond donors (Lipinski definition) is 2. The molecule has 2 atom stereocenters. The Morgan fingerprint density at radius 3 is 2.27 bits per heavy atom. The number of nitrogens with two attached hydrogens (primary N) is 1. The molecule has 3 N–H and O–H groups in total. The summed E-state index contributed by atoms with van der Waals surface area (Å²) < 4.78 is 16.1. The van der Waals surface area contributed by atoms with Crippen molar-refractivity contribution >= 4 is 11.9 Å². The van der Waals surface area contributed by atoms with Crippen molar-refractivity contribution < 1.29 is 28.9 Å². The Kier molecular flexibility index (Phi) is 7.97. The van der Waals surface area contributed by atoms with Crippen LogP contribution in [0.3, 0.4) is 0 Å². The Morgan fingerprint density at radius 1 is 1.03 bits per heavy atom. The number of carbonyl (C=O) groups is 2. The molecule has 0 bridgehead atoms. The van der Waals surface area contributed by atoms with Crippen molar-refractivity contribution in [3.8, 4) is 5.75 Å². The van der Waals surface area contributed by atoms with Gasteiger partial charge in [0.05, 0.1) is 19.8 Å². The second kappa shape index (κ2) is 10.2. The molecule has 30 heavy (non-hydrogen) atoms. The minimum absolute atomic E-state index is 0.255. The number of methoxy groups -OCH3 is 1. The van der Waals surface area contributed by atoms with Crippen LogP contribution in [0.1, 0.15) is 43.5 Å². The van der Waals surface area contributed by atoms with E-state index in [1.54, 1.807) is 39.0 Å². The third-order valence-electron chi connectivity index (χ3n) is 4.37. The Labute approximate surface area is 176 Å². The zero-order valence-electron chi connectivity index (χ0n) is 17.8. The van der Waals surface area contributed by atoms with Gasteiger partial charge in [0, 0.05) is 5.56 Å². The molecular weight excluding hydrogens is 386 g/mol. The maximum absolute atomic E-state index is 12.8. The lowest BCUT2D eigenvalue weighted by Crippen LogP contribution is -2.40. The van der Waals surface area contributed by atoms with E-state index >= 15 is 0 Å². The average molecular weight is 415 g/mol. The van der Waals surface area contributed by atoms with Gasteiger partial charge in [-0.2, -0.15) is 0 Å². The Balaban J connectivity index is 2.41. The maximum atomic E-state index is 12.8. The molecule has 0 aliphatic heterocycles. The number of benzene rings is 2. The van der Waals surface area contributed by atoms with Gasteiger partial charge >= 0.3 is 11.9 Å². The fourth-order valence-electron chi connectivity index (χ4n) is 3.02. The molecule has 0 aliphatic rings. The van der Waals surface area contributed by atoms with E-state index in [0.29, 0.717) is 16.9 Å². The van der Waals surface area contributed by atoms with Gasteiger partial charge in [-0.3, -0.25) is 9.59 Å². The fraction of sp³-hybridized carbons (Fsp3) is 0.391. The molecule has 0 heterocycles. The normalized spacial score (nSPS) is 13.3. The molecule has 0 saturated heterocycles. The first kappa shape index (κ1) is 23.4. The summed E-state index contributed by atoms with van der Waals surface area (Å²) in [4.78, 5) is 25.2. The molecule has 0 radical (unpaired) electrons. The van der Waals surface area contributed by atoms with Crippen molar-refractivity contribution in [2.24, 2.45) is 11.7 Å². The molecule has 0 fully saturated rings. The van der Waals surface area contributed by atoms with Crippen LogP contribution >= 0.6 is 0 Å². The number of ether oxygens (including phenoxy) is 3. The third-order valence-corrected chi connectivity index (χ3v) is 4.37. The topological polar surface area (TPSA) is 108 Å². The van der Waals surface area contributed by atoms with Crippen molar-refractivity contribution in [2.45, 2.75) is 45.6 Å². The lowest BCUT2D eigenvalue weighted by molar-refractivity contribution is -0.169. The van der Waals surface area contributed by atoms with Crippen LogP contribution < -0.4 is 10.5 Å². The van der Waals surface area contributed by atoms with Gasteiger partial charge in [-0.25, -0.2) is 0 Å². The maximum Gasteiger partial charge on any atom is 0.322 e. The van der Waals surface area contributed by atoms with E-state index in [0.717, 1.165) is 5.56 Å². The summed E-state index contributed by atoms with van der Waals surface area (Å²) in [5, 5.41) is 9.84. The van der Waals surface area contributed by atoms with Gasteiger partial charge in [-0.1, -0.05) is 42.5 Å². The highest BCUT2D eigenvalue weighted by atomic mass is 16.6. The minimum atomic E-state index is -1.42. The number of aliphatic hydroxyl groups excluding tert-OH is 1. The second-order valence-electron chi connectivity index (χ2n) is 7.82. The number of esters is 2. The van der Waals surface area contributed by atoms with Crippen LogP contribution in [-0.2, 0) is 32.3 Å². The molecule has 2 aromatic carbocycles. The summed E-state index contributed by atoms with van der Waals surface area (Å²) in [6.07, 6.45) is 0. The zero-order chi connectivity index (χ0) is 22.3. The third kappa shape index (κ3) is 6.05. The monoisotopic (exact) mass is 415 g/mol.